The molecule has 1 rings (SSSR count). The smallest absolute Gasteiger partial charge is 0.207 e. The highest BCUT2D eigenvalue weighted by Crippen LogP contribution is 2.21. The Morgan fingerprint density at radius 2 is 2.21 bits per heavy atom. The highest BCUT2D eigenvalue weighted by Gasteiger charge is 2.03. The maximum Gasteiger partial charge on any atom is 0.207 e. The molecule has 4 nitrogen and oxygen atoms in total. The number of nitrogens with zero attached hydrogens (tertiary/aromatic N) is 1. The maximum atomic E-state index is 10.2. The first-order valence-corrected chi connectivity index (χ1v) is 4.86. The molecule has 1 aromatic carbocycles. The van der Waals surface area contributed by atoms with Gasteiger partial charge in [0.2, 0.25) is 6.54 Å². The Labute approximate surface area is 90.2 Å². The van der Waals surface area contributed by atoms with Gasteiger partial charge in [-0.15, -0.1) is 0 Å². The number of ether oxygens (including phenoxy) is 1. The lowest BCUT2D eigenvalue weighted by Gasteiger charge is -2.03. The van der Waals surface area contributed by atoms with E-state index in [-0.39, 0.29) is 11.5 Å². The van der Waals surface area contributed by atoms with E-state index in [4.69, 9.17) is 4.74 Å². The molecule has 0 N–H and O–H groups in total. The van der Waals surface area contributed by atoms with Gasteiger partial charge in [-0.05, 0) is 23.8 Å². The van der Waals surface area contributed by atoms with Crippen LogP contribution in [0.25, 0.3) is 0 Å². The molecule has 0 aliphatic rings. The van der Waals surface area contributed by atoms with Crippen LogP contribution >= 0.6 is 15.9 Å². The second kappa shape index (κ2) is 4.95. The van der Waals surface area contributed by atoms with E-state index in [0.717, 1.165) is 10.0 Å². The minimum Gasteiger partial charge on any atom is -0.497 e. The first kappa shape index (κ1) is 11.0. The normalized spacial score (nSPS) is 9.86. The van der Waals surface area contributed by atoms with Crippen LogP contribution in [0.3, 0.4) is 0 Å². The fraction of sp³-hybridized carbons (Fsp3) is 0.333. The van der Waals surface area contributed by atoms with Gasteiger partial charge in [0.1, 0.15) is 5.75 Å². The van der Waals surface area contributed by atoms with Crippen LogP contribution in [0.2, 0.25) is 0 Å². The summed E-state index contributed by atoms with van der Waals surface area (Å²) in [5.74, 6) is 0.706. The third-order valence-electron chi connectivity index (χ3n) is 1.75. The Balaban J connectivity index is 2.76. The van der Waals surface area contributed by atoms with Crippen molar-refractivity contribution < 1.29 is 9.66 Å². The molecule has 5 heteroatoms. The first-order chi connectivity index (χ1) is 6.61. The van der Waals surface area contributed by atoms with Gasteiger partial charge in [-0.2, -0.15) is 0 Å². The molecule has 76 valence electrons. The minimum atomic E-state index is -0.326. The molecule has 0 bridgehead atoms. The van der Waals surface area contributed by atoms with E-state index in [1.165, 1.54) is 0 Å². The lowest BCUT2D eigenvalue weighted by molar-refractivity contribution is -0.479. The second-order valence-electron chi connectivity index (χ2n) is 2.81. The Morgan fingerprint density at radius 3 is 2.79 bits per heavy atom. The van der Waals surface area contributed by atoms with E-state index in [2.05, 4.69) is 15.9 Å². The standard InChI is InChI=1S/C9H10BrNO3/c1-14-9-5-7(2-3-11(12)13)4-8(10)6-9/h4-6H,2-3H2,1H3. The summed E-state index contributed by atoms with van der Waals surface area (Å²) in [5, 5.41) is 10.2. The molecular formula is C9H10BrNO3. The number of methoxy groups -OCH3 is 1. The van der Waals surface area contributed by atoms with Crippen molar-refractivity contribution in [1.82, 2.24) is 0 Å². The molecule has 0 amide bonds. The van der Waals surface area contributed by atoms with E-state index >= 15 is 0 Å². The summed E-state index contributed by atoms with van der Waals surface area (Å²) in [5.41, 5.74) is 0.896. The van der Waals surface area contributed by atoms with Gasteiger partial charge in [-0.3, -0.25) is 10.1 Å². The summed E-state index contributed by atoms with van der Waals surface area (Å²) in [7, 11) is 1.57. The van der Waals surface area contributed by atoms with Crippen molar-refractivity contribution in [3.63, 3.8) is 0 Å². The summed E-state index contributed by atoms with van der Waals surface area (Å²) < 4.78 is 5.91. The van der Waals surface area contributed by atoms with Crippen molar-refractivity contribution in [2.45, 2.75) is 6.42 Å². The van der Waals surface area contributed by atoms with Crippen molar-refractivity contribution in [3.05, 3.63) is 38.3 Å². The molecule has 0 aliphatic heterocycles. The van der Waals surface area contributed by atoms with Crippen LogP contribution in [-0.2, 0) is 6.42 Å². The summed E-state index contributed by atoms with van der Waals surface area (Å²) in [6.07, 6.45) is 0.419. The van der Waals surface area contributed by atoms with Crippen LogP contribution in [0.4, 0.5) is 0 Å². The van der Waals surface area contributed by atoms with E-state index < -0.39 is 0 Å². The fourth-order valence-electron chi connectivity index (χ4n) is 1.10. The zero-order chi connectivity index (χ0) is 10.6. The summed E-state index contributed by atoms with van der Waals surface area (Å²) in [6, 6.07) is 5.47. The van der Waals surface area contributed by atoms with E-state index in [9.17, 15) is 10.1 Å². The zero-order valence-electron chi connectivity index (χ0n) is 7.70. The number of hydrogen-bond acceptors (Lipinski definition) is 3. The van der Waals surface area contributed by atoms with Crippen LogP contribution < -0.4 is 4.74 Å². The number of hydrogen-bond donors (Lipinski definition) is 0. The Morgan fingerprint density at radius 1 is 1.50 bits per heavy atom. The largest absolute Gasteiger partial charge is 0.497 e. The summed E-state index contributed by atoms with van der Waals surface area (Å²) >= 11 is 3.31. The predicted octanol–water partition coefficient (Wildman–Crippen LogP) is 2.28. The van der Waals surface area contributed by atoms with Crippen molar-refractivity contribution in [2.75, 3.05) is 13.7 Å². The Hall–Kier alpha value is -1.10. The molecule has 0 aromatic heterocycles. The molecular weight excluding hydrogens is 250 g/mol. The van der Waals surface area contributed by atoms with Crippen molar-refractivity contribution in [1.29, 1.82) is 0 Å². The highest BCUT2D eigenvalue weighted by atomic mass is 79.9. The molecule has 14 heavy (non-hydrogen) atoms. The number of nitro groups is 1. The average molecular weight is 260 g/mol. The highest BCUT2D eigenvalue weighted by molar-refractivity contribution is 9.10. The third kappa shape index (κ3) is 3.33. The topological polar surface area (TPSA) is 52.4 Å². The summed E-state index contributed by atoms with van der Waals surface area (Å²) in [6.45, 7) is -0.0559. The average Bonchev–Trinajstić information content (AvgIpc) is 2.14. The van der Waals surface area contributed by atoms with Crippen LogP contribution in [0, 0.1) is 10.1 Å². The molecule has 0 heterocycles. The molecule has 0 saturated carbocycles. The van der Waals surface area contributed by atoms with Crippen molar-refractivity contribution in [2.24, 2.45) is 0 Å². The fourth-order valence-corrected chi connectivity index (χ4v) is 1.62. The molecule has 0 aliphatic carbocycles. The Kier molecular flexibility index (Phi) is 3.88. The van der Waals surface area contributed by atoms with Crippen molar-refractivity contribution >= 4 is 15.9 Å². The summed E-state index contributed by atoms with van der Waals surface area (Å²) in [4.78, 5) is 9.85. The zero-order valence-corrected chi connectivity index (χ0v) is 9.28. The van der Waals surface area contributed by atoms with Gasteiger partial charge in [-0.1, -0.05) is 15.9 Å². The predicted molar refractivity (Wildman–Crippen MR) is 56.3 cm³/mol. The molecule has 1 aromatic rings. The monoisotopic (exact) mass is 259 g/mol. The molecule has 0 saturated heterocycles. The van der Waals surface area contributed by atoms with Crippen LogP contribution in [-0.4, -0.2) is 18.6 Å². The van der Waals surface area contributed by atoms with E-state index in [1.54, 1.807) is 13.2 Å². The van der Waals surface area contributed by atoms with Gasteiger partial charge in [0.15, 0.2) is 0 Å². The number of rotatable bonds is 4. The molecule has 0 atom stereocenters. The van der Waals surface area contributed by atoms with Crippen LogP contribution in [0.1, 0.15) is 5.56 Å². The van der Waals surface area contributed by atoms with E-state index in [0.29, 0.717) is 12.2 Å². The lowest BCUT2D eigenvalue weighted by Crippen LogP contribution is -2.04. The van der Waals surface area contributed by atoms with E-state index in [1.807, 2.05) is 12.1 Å². The van der Waals surface area contributed by atoms with Gasteiger partial charge >= 0.3 is 0 Å². The third-order valence-corrected chi connectivity index (χ3v) is 2.21. The number of halogens is 1. The molecule has 0 radical (unpaired) electrons. The SMILES string of the molecule is COc1cc(Br)cc(CC[N+](=O)[O-])c1. The van der Waals surface area contributed by atoms with Gasteiger partial charge in [-0.25, -0.2) is 0 Å². The molecule has 0 spiro atoms. The van der Waals surface area contributed by atoms with Crippen molar-refractivity contribution in [3.8, 4) is 5.75 Å². The first-order valence-electron chi connectivity index (χ1n) is 4.07. The maximum absolute atomic E-state index is 10.2. The second-order valence-corrected chi connectivity index (χ2v) is 3.72. The quantitative estimate of drug-likeness (QED) is 0.616. The van der Waals surface area contributed by atoms with Gasteiger partial charge in [0, 0.05) is 15.8 Å². The van der Waals surface area contributed by atoms with Gasteiger partial charge in [0.05, 0.1) is 7.11 Å². The van der Waals surface area contributed by atoms with Crippen LogP contribution in [0.5, 0.6) is 5.75 Å². The molecule has 0 fully saturated rings. The lowest BCUT2D eigenvalue weighted by atomic mass is 10.1. The van der Waals surface area contributed by atoms with Gasteiger partial charge < -0.3 is 4.74 Å². The van der Waals surface area contributed by atoms with Crippen LogP contribution in [0.15, 0.2) is 22.7 Å². The minimum absolute atomic E-state index is 0.0559. The number of benzene rings is 1. The van der Waals surface area contributed by atoms with Gasteiger partial charge in [0.25, 0.3) is 0 Å². The Bertz CT molecular complexity index is 341. The molecule has 0 unspecified atom stereocenters.